The molecule has 0 saturated carbocycles. The van der Waals surface area contributed by atoms with Gasteiger partial charge in [-0.25, -0.2) is 4.79 Å². The number of hydrogen-bond acceptors (Lipinski definition) is 7. The van der Waals surface area contributed by atoms with Gasteiger partial charge in [0.25, 0.3) is 5.91 Å². The molecule has 5 rings (SSSR count). The average Bonchev–Trinajstić information content (AvgIpc) is 3.27. The maximum absolute atomic E-state index is 13.4. The Morgan fingerprint density at radius 2 is 1.81 bits per heavy atom. The smallest absolute Gasteiger partial charge is 0.341 e. The molecule has 0 fully saturated rings. The van der Waals surface area contributed by atoms with Crippen molar-refractivity contribution in [2.45, 2.75) is 38.7 Å². The van der Waals surface area contributed by atoms with Crippen LogP contribution in [-0.2, 0) is 22.4 Å². The first-order valence-corrected chi connectivity index (χ1v) is 13.1. The number of amides is 1. The summed E-state index contributed by atoms with van der Waals surface area (Å²) < 4.78 is 17.0. The lowest BCUT2D eigenvalue weighted by molar-refractivity contribution is -0.122. The van der Waals surface area contributed by atoms with Gasteiger partial charge < -0.3 is 19.2 Å². The molecule has 1 unspecified atom stereocenters. The molecule has 1 aliphatic rings. The van der Waals surface area contributed by atoms with Crippen LogP contribution >= 0.6 is 22.9 Å². The van der Waals surface area contributed by atoms with E-state index >= 15 is 0 Å². The quantitative estimate of drug-likeness (QED) is 0.292. The third-order valence-electron chi connectivity index (χ3n) is 6.34. The minimum Gasteiger partial charge on any atom is -0.473 e. The Bertz CT molecular complexity index is 1570. The molecule has 0 spiro atoms. The van der Waals surface area contributed by atoms with Crippen LogP contribution < -0.4 is 15.5 Å². The predicted octanol–water partition coefficient (Wildman–Crippen LogP) is 6.25. The second-order valence-corrected chi connectivity index (χ2v) is 10.2. The number of hydrogen-bond donors (Lipinski definition) is 1. The van der Waals surface area contributed by atoms with Gasteiger partial charge in [0, 0.05) is 10.4 Å². The normalized spacial score (nSPS) is 13.6. The molecule has 2 aromatic heterocycles. The number of carbonyl (C=O) groups is 2. The first kappa shape index (κ1) is 25.0. The summed E-state index contributed by atoms with van der Waals surface area (Å²) in [5, 5.41) is 3.94. The van der Waals surface area contributed by atoms with Crippen molar-refractivity contribution in [3.05, 3.63) is 79.8 Å². The standard InChI is InChI=1S/C28H24ClNO6S/c1-15(26(32)30-27-22(28(33)34-2)18-11-5-8-14-21(18)37-27)35-25-23(31)17-10-4-7-13-20(17)36-24(25)16-9-3-6-12-19(16)29/h3-4,6-7,9-10,12-13,15H,5,8,11,14H2,1-2H3,(H,30,32). The second kappa shape index (κ2) is 10.4. The highest BCUT2D eigenvalue weighted by atomic mass is 35.5. The summed E-state index contributed by atoms with van der Waals surface area (Å²) in [4.78, 5) is 40.3. The van der Waals surface area contributed by atoms with Crippen molar-refractivity contribution >= 4 is 50.8 Å². The number of halogens is 1. The molecule has 37 heavy (non-hydrogen) atoms. The molecule has 0 bridgehead atoms. The topological polar surface area (TPSA) is 94.8 Å². The van der Waals surface area contributed by atoms with Crippen LogP contribution in [0.2, 0.25) is 5.02 Å². The molecule has 7 nitrogen and oxygen atoms in total. The molecule has 9 heteroatoms. The van der Waals surface area contributed by atoms with E-state index in [0.29, 0.717) is 32.1 Å². The minimum atomic E-state index is -1.09. The molecule has 2 aromatic carbocycles. The van der Waals surface area contributed by atoms with E-state index < -0.39 is 23.4 Å². The van der Waals surface area contributed by atoms with Gasteiger partial charge in [-0.15, -0.1) is 11.3 Å². The van der Waals surface area contributed by atoms with E-state index in [0.717, 1.165) is 36.1 Å². The number of esters is 1. The number of anilines is 1. The highest BCUT2D eigenvalue weighted by Gasteiger charge is 2.29. The largest absolute Gasteiger partial charge is 0.473 e. The highest BCUT2D eigenvalue weighted by Crippen LogP contribution is 2.39. The fourth-order valence-corrected chi connectivity index (χ4v) is 5.97. The lowest BCUT2D eigenvalue weighted by Crippen LogP contribution is -2.32. The Morgan fingerprint density at radius 3 is 2.59 bits per heavy atom. The fourth-order valence-electron chi connectivity index (χ4n) is 4.47. The number of nitrogens with one attached hydrogen (secondary N) is 1. The number of fused-ring (bicyclic) bond motifs is 2. The van der Waals surface area contributed by atoms with Crippen molar-refractivity contribution in [3.8, 4) is 17.1 Å². The summed E-state index contributed by atoms with van der Waals surface area (Å²) in [6.07, 6.45) is 2.53. The first-order valence-electron chi connectivity index (χ1n) is 11.9. The average molecular weight is 538 g/mol. The molecule has 1 N–H and O–H groups in total. The Balaban J connectivity index is 1.50. The number of para-hydroxylation sites is 1. The van der Waals surface area contributed by atoms with Crippen LogP contribution in [0.3, 0.4) is 0 Å². The molecule has 190 valence electrons. The zero-order valence-electron chi connectivity index (χ0n) is 20.3. The van der Waals surface area contributed by atoms with Gasteiger partial charge in [0.2, 0.25) is 11.2 Å². The zero-order valence-corrected chi connectivity index (χ0v) is 21.8. The van der Waals surface area contributed by atoms with E-state index in [-0.39, 0.29) is 11.5 Å². The van der Waals surface area contributed by atoms with Crippen LogP contribution in [0, 0.1) is 0 Å². The Kier molecular flexibility index (Phi) is 7.04. The van der Waals surface area contributed by atoms with E-state index in [1.807, 2.05) is 0 Å². The molecule has 0 aliphatic heterocycles. The summed E-state index contributed by atoms with van der Waals surface area (Å²) in [5.74, 6) is -0.982. The SMILES string of the molecule is COC(=O)c1c(NC(=O)C(C)Oc2c(-c3ccccc3Cl)oc3ccccc3c2=O)sc2c1CCCC2. The van der Waals surface area contributed by atoms with Crippen molar-refractivity contribution in [2.24, 2.45) is 0 Å². The van der Waals surface area contributed by atoms with Gasteiger partial charge in [0.1, 0.15) is 10.6 Å². The van der Waals surface area contributed by atoms with E-state index in [1.165, 1.54) is 25.4 Å². The van der Waals surface area contributed by atoms with Crippen LogP contribution in [0.4, 0.5) is 5.00 Å². The summed E-state index contributed by atoms with van der Waals surface area (Å²) in [6, 6.07) is 13.7. The van der Waals surface area contributed by atoms with Gasteiger partial charge in [-0.2, -0.15) is 0 Å². The van der Waals surface area contributed by atoms with Crippen LogP contribution in [0.15, 0.2) is 57.7 Å². The van der Waals surface area contributed by atoms with Crippen molar-refractivity contribution in [1.29, 1.82) is 0 Å². The molecular weight excluding hydrogens is 514 g/mol. The van der Waals surface area contributed by atoms with Gasteiger partial charge in [-0.3, -0.25) is 9.59 Å². The molecule has 1 aliphatic carbocycles. The Labute approximate surface area is 222 Å². The number of aryl methyl sites for hydroxylation is 1. The van der Waals surface area contributed by atoms with Crippen LogP contribution in [0.1, 0.15) is 40.6 Å². The van der Waals surface area contributed by atoms with Gasteiger partial charge in [0.05, 0.1) is 23.1 Å². The van der Waals surface area contributed by atoms with E-state index in [4.69, 9.17) is 25.5 Å². The molecule has 4 aromatic rings. The molecule has 0 radical (unpaired) electrons. The summed E-state index contributed by atoms with van der Waals surface area (Å²) in [5.41, 5.74) is 1.75. The number of methoxy groups -OCH3 is 1. The van der Waals surface area contributed by atoms with Crippen LogP contribution in [0.25, 0.3) is 22.3 Å². The highest BCUT2D eigenvalue weighted by molar-refractivity contribution is 7.17. The van der Waals surface area contributed by atoms with E-state index in [9.17, 15) is 14.4 Å². The lowest BCUT2D eigenvalue weighted by atomic mass is 9.95. The first-order chi connectivity index (χ1) is 17.9. The maximum Gasteiger partial charge on any atom is 0.341 e. The summed E-state index contributed by atoms with van der Waals surface area (Å²) >= 11 is 7.79. The summed E-state index contributed by atoms with van der Waals surface area (Å²) in [6.45, 7) is 1.53. The lowest BCUT2D eigenvalue weighted by Gasteiger charge is -2.17. The van der Waals surface area contributed by atoms with Crippen LogP contribution in [-0.4, -0.2) is 25.1 Å². The third kappa shape index (κ3) is 4.74. The van der Waals surface area contributed by atoms with Crippen molar-refractivity contribution in [3.63, 3.8) is 0 Å². The molecule has 1 amide bonds. The fraction of sp³-hybridized carbons (Fsp3) is 0.250. The summed E-state index contributed by atoms with van der Waals surface area (Å²) in [7, 11) is 1.32. The number of rotatable bonds is 6. The van der Waals surface area contributed by atoms with Gasteiger partial charge in [-0.1, -0.05) is 35.9 Å². The number of thiophene rings is 1. The number of benzene rings is 2. The van der Waals surface area contributed by atoms with Crippen LogP contribution in [0.5, 0.6) is 5.75 Å². The minimum absolute atomic E-state index is 0.117. The van der Waals surface area contributed by atoms with E-state index in [2.05, 4.69) is 5.32 Å². The van der Waals surface area contributed by atoms with Crippen molar-refractivity contribution < 1.29 is 23.5 Å². The second-order valence-electron chi connectivity index (χ2n) is 8.72. The van der Waals surface area contributed by atoms with Crippen molar-refractivity contribution in [1.82, 2.24) is 0 Å². The third-order valence-corrected chi connectivity index (χ3v) is 7.87. The Hall–Kier alpha value is -3.62. The zero-order chi connectivity index (χ0) is 26.1. The van der Waals surface area contributed by atoms with Gasteiger partial charge in [-0.05, 0) is 62.4 Å². The van der Waals surface area contributed by atoms with Gasteiger partial charge in [0.15, 0.2) is 11.9 Å². The molecular formula is C28H24ClNO6S. The molecule has 2 heterocycles. The number of carbonyl (C=O) groups excluding carboxylic acids is 2. The molecule has 0 saturated heterocycles. The molecule has 1 atom stereocenters. The Morgan fingerprint density at radius 1 is 1.08 bits per heavy atom. The number of ether oxygens (including phenoxy) is 2. The van der Waals surface area contributed by atoms with Gasteiger partial charge >= 0.3 is 5.97 Å². The van der Waals surface area contributed by atoms with E-state index in [1.54, 1.807) is 48.5 Å². The van der Waals surface area contributed by atoms with Crippen molar-refractivity contribution in [2.75, 3.05) is 12.4 Å². The maximum atomic E-state index is 13.4. The predicted molar refractivity (Wildman–Crippen MR) is 144 cm³/mol. The monoisotopic (exact) mass is 537 g/mol.